The third-order valence-electron chi connectivity index (χ3n) is 2.74. The quantitative estimate of drug-likeness (QED) is 0.806. The van der Waals surface area contributed by atoms with E-state index in [1.165, 1.54) is 37.0 Å². The summed E-state index contributed by atoms with van der Waals surface area (Å²) in [6, 6.07) is 2.14. The Hall–Kier alpha value is -0.0200. The molecule has 1 aliphatic rings. The van der Waals surface area contributed by atoms with Crippen molar-refractivity contribution in [3.8, 4) is 0 Å². The Morgan fingerprint density at radius 1 is 1.31 bits per heavy atom. The van der Waals surface area contributed by atoms with E-state index in [0.717, 1.165) is 15.4 Å². The third kappa shape index (κ3) is 2.08. The third-order valence-corrected chi connectivity index (χ3v) is 4.78. The van der Waals surface area contributed by atoms with Gasteiger partial charge in [0.1, 0.15) is 0 Å². The minimum atomic E-state index is 0.785. The van der Waals surface area contributed by atoms with E-state index in [1.807, 2.05) is 11.3 Å². The van der Waals surface area contributed by atoms with Crippen molar-refractivity contribution >= 4 is 33.0 Å². The van der Waals surface area contributed by atoms with Gasteiger partial charge in [-0.15, -0.1) is 11.3 Å². The molecule has 1 saturated carbocycles. The molecule has 0 aromatic carbocycles. The van der Waals surface area contributed by atoms with Gasteiger partial charge in [-0.25, -0.2) is 0 Å². The molecule has 13 heavy (non-hydrogen) atoms. The van der Waals surface area contributed by atoms with E-state index in [0.29, 0.717) is 0 Å². The number of anilines is 1. The van der Waals surface area contributed by atoms with Crippen LogP contribution in [0.15, 0.2) is 9.85 Å². The summed E-state index contributed by atoms with van der Waals surface area (Å²) in [7, 11) is 0. The summed E-state index contributed by atoms with van der Waals surface area (Å²) in [6.45, 7) is 0. The first kappa shape index (κ1) is 9.53. The van der Waals surface area contributed by atoms with Gasteiger partial charge in [-0.3, -0.25) is 0 Å². The van der Waals surface area contributed by atoms with Gasteiger partial charge < -0.3 is 5.73 Å². The van der Waals surface area contributed by atoms with E-state index in [9.17, 15) is 0 Å². The molecule has 1 nitrogen and oxygen atoms in total. The molecule has 0 aliphatic heterocycles. The largest absolute Gasteiger partial charge is 0.397 e. The van der Waals surface area contributed by atoms with Crippen molar-refractivity contribution in [2.24, 2.45) is 0 Å². The van der Waals surface area contributed by atoms with Crippen LogP contribution in [0.25, 0.3) is 0 Å². The standard InChI is InChI=1S/C10H14BrNS/c11-10-8(12)6-9(13-10)7-4-2-1-3-5-7/h6-7H,1-5,12H2. The number of hydrogen-bond acceptors (Lipinski definition) is 2. The van der Waals surface area contributed by atoms with Crippen LogP contribution in [0.4, 0.5) is 5.69 Å². The molecule has 3 heteroatoms. The van der Waals surface area contributed by atoms with Crippen LogP contribution in [0, 0.1) is 0 Å². The Labute approximate surface area is 91.5 Å². The number of hydrogen-bond donors (Lipinski definition) is 1. The first-order valence-electron chi connectivity index (χ1n) is 4.82. The van der Waals surface area contributed by atoms with Crippen molar-refractivity contribution in [1.82, 2.24) is 0 Å². The van der Waals surface area contributed by atoms with Gasteiger partial charge in [0.25, 0.3) is 0 Å². The van der Waals surface area contributed by atoms with Crippen molar-refractivity contribution in [3.05, 3.63) is 14.7 Å². The Kier molecular flexibility index (Phi) is 2.94. The van der Waals surface area contributed by atoms with Gasteiger partial charge in [0, 0.05) is 4.88 Å². The highest BCUT2D eigenvalue weighted by Gasteiger charge is 2.18. The second kappa shape index (κ2) is 4.01. The van der Waals surface area contributed by atoms with Gasteiger partial charge in [-0.2, -0.15) is 0 Å². The molecular formula is C10H14BrNS. The monoisotopic (exact) mass is 259 g/mol. The molecular weight excluding hydrogens is 246 g/mol. The van der Waals surface area contributed by atoms with Gasteiger partial charge >= 0.3 is 0 Å². The summed E-state index contributed by atoms with van der Waals surface area (Å²) < 4.78 is 1.10. The van der Waals surface area contributed by atoms with Gasteiger partial charge in [-0.05, 0) is 40.8 Å². The van der Waals surface area contributed by atoms with Gasteiger partial charge in [0.2, 0.25) is 0 Å². The Balaban J connectivity index is 2.14. The van der Waals surface area contributed by atoms with Gasteiger partial charge in [0.05, 0.1) is 9.47 Å². The van der Waals surface area contributed by atoms with E-state index >= 15 is 0 Å². The first-order valence-corrected chi connectivity index (χ1v) is 6.43. The minimum Gasteiger partial charge on any atom is -0.397 e. The summed E-state index contributed by atoms with van der Waals surface area (Å²) in [5.74, 6) is 0.785. The van der Waals surface area contributed by atoms with Crippen molar-refractivity contribution in [3.63, 3.8) is 0 Å². The highest BCUT2D eigenvalue weighted by molar-refractivity contribution is 9.11. The van der Waals surface area contributed by atoms with Crippen molar-refractivity contribution in [2.75, 3.05) is 5.73 Å². The second-order valence-electron chi connectivity index (χ2n) is 3.71. The molecule has 1 aromatic heterocycles. The molecule has 0 amide bonds. The topological polar surface area (TPSA) is 26.0 Å². The second-order valence-corrected chi connectivity index (χ2v) is 6.11. The molecule has 0 bridgehead atoms. The number of nitrogens with two attached hydrogens (primary N) is 1. The van der Waals surface area contributed by atoms with Crippen LogP contribution < -0.4 is 5.73 Å². The smallest absolute Gasteiger partial charge is 0.0930 e. The van der Waals surface area contributed by atoms with Crippen LogP contribution in [-0.4, -0.2) is 0 Å². The molecule has 1 heterocycles. The lowest BCUT2D eigenvalue weighted by molar-refractivity contribution is 0.448. The lowest BCUT2D eigenvalue weighted by Crippen LogP contribution is -2.02. The van der Waals surface area contributed by atoms with Crippen molar-refractivity contribution < 1.29 is 0 Å². The van der Waals surface area contributed by atoms with E-state index in [1.54, 1.807) is 0 Å². The van der Waals surface area contributed by atoms with Crippen molar-refractivity contribution in [1.29, 1.82) is 0 Å². The van der Waals surface area contributed by atoms with Gasteiger partial charge in [0.15, 0.2) is 0 Å². The fourth-order valence-electron chi connectivity index (χ4n) is 1.99. The van der Waals surface area contributed by atoms with E-state index in [-0.39, 0.29) is 0 Å². The summed E-state index contributed by atoms with van der Waals surface area (Å²) in [5.41, 5.74) is 6.72. The number of nitrogen functional groups attached to an aromatic ring is 1. The lowest BCUT2D eigenvalue weighted by atomic mass is 9.88. The molecule has 1 aromatic rings. The molecule has 1 fully saturated rings. The number of thiophene rings is 1. The molecule has 72 valence electrons. The fraction of sp³-hybridized carbons (Fsp3) is 0.600. The van der Waals surface area contributed by atoms with Crippen LogP contribution in [0.2, 0.25) is 0 Å². The predicted octanol–water partition coefficient (Wildman–Crippen LogP) is 4.14. The zero-order chi connectivity index (χ0) is 9.26. The number of halogens is 1. The minimum absolute atomic E-state index is 0.785. The molecule has 0 radical (unpaired) electrons. The summed E-state index contributed by atoms with van der Waals surface area (Å²) in [4.78, 5) is 1.48. The van der Waals surface area contributed by atoms with Crippen molar-refractivity contribution in [2.45, 2.75) is 38.0 Å². The Morgan fingerprint density at radius 2 is 2.00 bits per heavy atom. The average Bonchev–Trinajstić information content (AvgIpc) is 2.49. The normalized spacial score (nSPS) is 19.2. The molecule has 0 spiro atoms. The number of rotatable bonds is 1. The van der Waals surface area contributed by atoms with E-state index in [2.05, 4.69) is 22.0 Å². The first-order chi connectivity index (χ1) is 6.27. The average molecular weight is 260 g/mol. The van der Waals surface area contributed by atoms with Crippen LogP contribution in [0.3, 0.4) is 0 Å². The highest BCUT2D eigenvalue weighted by atomic mass is 79.9. The summed E-state index contributed by atoms with van der Waals surface area (Å²) in [6.07, 6.45) is 6.90. The molecule has 0 saturated heterocycles. The van der Waals surface area contributed by atoms with Crippen LogP contribution in [0.5, 0.6) is 0 Å². The Bertz CT molecular complexity index is 270. The van der Waals surface area contributed by atoms with Crippen LogP contribution in [0.1, 0.15) is 42.9 Å². The zero-order valence-electron chi connectivity index (χ0n) is 7.55. The molecule has 0 atom stereocenters. The lowest BCUT2D eigenvalue weighted by Gasteiger charge is -2.19. The van der Waals surface area contributed by atoms with Gasteiger partial charge in [-0.1, -0.05) is 19.3 Å². The molecule has 1 aliphatic carbocycles. The molecule has 2 rings (SSSR count). The molecule has 2 N–H and O–H groups in total. The maximum absolute atomic E-state index is 5.81. The van der Waals surface area contributed by atoms with E-state index in [4.69, 9.17) is 5.73 Å². The summed E-state index contributed by atoms with van der Waals surface area (Å²) >= 11 is 5.29. The maximum Gasteiger partial charge on any atom is 0.0930 e. The SMILES string of the molecule is Nc1cc(C2CCCCC2)sc1Br. The maximum atomic E-state index is 5.81. The Morgan fingerprint density at radius 3 is 2.54 bits per heavy atom. The summed E-state index contributed by atoms with van der Waals surface area (Å²) in [5, 5.41) is 0. The fourth-order valence-corrected chi connectivity index (χ4v) is 3.64. The molecule has 0 unspecified atom stereocenters. The van der Waals surface area contributed by atoms with E-state index < -0.39 is 0 Å². The van der Waals surface area contributed by atoms with Crippen LogP contribution >= 0.6 is 27.3 Å². The highest BCUT2D eigenvalue weighted by Crippen LogP contribution is 2.40. The van der Waals surface area contributed by atoms with Crippen LogP contribution in [-0.2, 0) is 0 Å². The predicted molar refractivity (Wildman–Crippen MR) is 62.3 cm³/mol. The zero-order valence-corrected chi connectivity index (χ0v) is 9.96.